The van der Waals surface area contributed by atoms with E-state index in [9.17, 15) is 4.79 Å². The fourth-order valence-electron chi connectivity index (χ4n) is 1.55. The number of ether oxygens (including phenoxy) is 1. The Labute approximate surface area is 110 Å². The van der Waals surface area contributed by atoms with Crippen molar-refractivity contribution >= 4 is 5.97 Å². The molecule has 0 amide bonds. The van der Waals surface area contributed by atoms with Gasteiger partial charge in [0.05, 0.1) is 0 Å². The number of carbonyl (C=O) groups is 1. The van der Waals surface area contributed by atoms with Gasteiger partial charge in [0.1, 0.15) is 0 Å². The van der Waals surface area contributed by atoms with Gasteiger partial charge in [-0.15, -0.1) is 0 Å². The molecule has 0 saturated carbocycles. The molecule has 0 spiro atoms. The molecule has 1 aromatic carbocycles. The zero-order valence-corrected chi connectivity index (χ0v) is 10.7. The summed E-state index contributed by atoms with van der Waals surface area (Å²) in [5, 5.41) is 8.83. The van der Waals surface area contributed by atoms with E-state index in [-0.39, 0.29) is 5.88 Å². The minimum Gasteiger partial charge on any atom is -0.479 e. The number of benzene rings is 1. The minimum absolute atomic E-state index is 0.265. The van der Waals surface area contributed by atoms with E-state index in [1.54, 1.807) is 6.07 Å². The van der Waals surface area contributed by atoms with Crippen molar-refractivity contribution in [3.63, 3.8) is 0 Å². The van der Waals surface area contributed by atoms with Crippen molar-refractivity contribution in [3.05, 3.63) is 42.1 Å². The van der Waals surface area contributed by atoms with E-state index in [2.05, 4.69) is 9.97 Å². The summed E-state index contributed by atoms with van der Waals surface area (Å²) in [6.45, 7) is 3.27. The van der Waals surface area contributed by atoms with E-state index in [4.69, 9.17) is 9.84 Å². The number of hydrogen-bond donors (Lipinski definition) is 1. The van der Waals surface area contributed by atoms with Crippen LogP contribution in [0.4, 0.5) is 0 Å². The van der Waals surface area contributed by atoms with Crippen molar-refractivity contribution in [3.8, 4) is 17.3 Å². The average molecular weight is 258 g/mol. The summed E-state index contributed by atoms with van der Waals surface area (Å²) in [6.07, 6.45) is -0.946. The Kier molecular flexibility index (Phi) is 3.75. The van der Waals surface area contributed by atoms with Gasteiger partial charge in [-0.25, -0.2) is 9.78 Å². The molecule has 0 aliphatic carbocycles. The molecular formula is C14H14N2O3. The van der Waals surface area contributed by atoms with Crippen molar-refractivity contribution in [2.75, 3.05) is 0 Å². The highest BCUT2D eigenvalue weighted by Crippen LogP contribution is 2.19. The van der Waals surface area contributed by atoms with Crippen LogP contribution in [0.5, 0.6) is 5.88 Å². The molecule has 0 saturated heterocycles. The van der Waals surface area contributed by atoms with Gasteiger partial charge in [0, 0.05) is 17.3 Å². The standard InChI is InChI=1S/C14H14N2O3/c1-9-8-12(19-10(2)14(17)18)16-13(15-9)11-6-4-3-5-7-11/h3-8,10H,1-2H3,(H,17,18)/t10-/m0/s1. The zero-order chi connectivity index (χ0) is 13.8. The Balaban J connectivity index is 2.32. The van der Waals surface area contributed by atoms with E-state index in [1.165, 1.54) is 6.92 Å². The number of aromatic nitrogens is 2. The highest BCUT2D eigenvalue weighted by Gasteiger charge is 2.14. The molecule has 0 unspecified atom stereocenters. The quantitative estimate of drug-likeness (QED) is 0.911. The molecular weight excluding hydrogens is 244 g/mol. The number of carboxylic acid groups (broad SMARTS) is 1. The summed E-state index contributed by atoms with van der Waals surface area (Å²) in [7, 11) is 0. The van der Waals surface area contributed by atoms with E-state index < -0.39 is 12.1 Å². The lowest BCUT2D eigenvalue weighted by Gasteiger charge is -2.11. The van der Waals surface area contributed by atoms with Gasteiger partial charge in [0.2, 0.25) is 5.88 Å². The molecule has 5 heteroatoms. The molecule has 1 atom stereocenters. The van der Waals surface area contributed by atoms with Crippen LogP contribution in [0.3, 0.4) is 0 Å². The highest BCUT2D eigenvalue weighted by atomic mass is 16.5. The number of rotatable bonds is 4. The maximum absolute atomic E-state index is 10.8. The van der Waals surface area contributed by atoms with E-state index in [1.807, 2.05) is 37.3 Å². The molecule has 19 heavy (non-hydrogen) atoms. The third-order valence-electron chi connectivity index (χ3n) is 2.51. The lowest BCUT2D eigenvalue weighted by Crippen LogP contribution is -2.23. The predicted octanol–water partition coefficient (Wildman–Crippen LogP) is 2.30. The molecule has 1 N–H and O–H groups in total. The van der Waals surface area contributed by atoms with E-state index >= 15 is 0 Å². The second-order valence-electron chi connectivity index (χ2n) is 4.14. The topological polar surface area (TPSA) is 72.3 Å². The number of hydrogen-bond acceptors (Lipinski definition) is 4. The molecule has 0 aliphatic heterocycles. The van der Waals surface area contributed by atoms with Crippen molar-refractivity contribution in [1.29, 1.82) is 0 Å². The van der Waals surface area contributed by atoms with E-state index in [0.29, 0.717) is 5.82 Å². The Hall–Kier alpha value is -2.43. The third kappa shape index (κ3) is 3.28. The molecule has 2 rings (SSSR count). The van der Waals surface area contributed by atoms with Gasteiger partial charge in [-0.05, 0) is 13.8 Å². The van der Waals surface area contributed by atoms with Crippen LogP contribution in [0.1, 0.15) is 12.6 Å². The molecule has 0 aliphatic rings. The summed E-state index contributed by atoms with van der Waals surface area (Å²) >= 11 is 0. The molecule has 98 valence electrons. The summed E-state index contributed by atoms with van der Waals surface area (Å²) < 4.78 is 5.27. The van der Waals surface area contributed by atoms with Gasteiger partial charge >= 0.3 is 5.97 Å². The second-order valence-corrected chi connectivity index (χ2v) is 4.14. The first-order chi connectivity index (χ1) is 9.06. The molecule has 1 heterocycles. The smallest absolute Gasteiger partial charge is 0.344 e. The monoisotopic (exact) mass is 258 g/mol. The van der Waals surface area contributed by atoms with Gasteiger partial charge < -0.3 is 9.84 Å². The number of nitrogens with zero attached hydrogens (tertiary/aromatic N) is 2. The van der Waals surface area contributed by atoms with Crippen molar-refractivity contribution in [2.45, 2.75) is 20.0 Å². The van der Waals surface area contributed by atoms with Gasteiger partial charge in [-0.3, -0.25) is 0 Å². The average Bonchev–Trinajstić information content (AvgIpc) is 2.39. The number of aryl methyl sites for hydroxylation is 1. The summed E-state index contributed by atoms with van der Waals surface area (Å²) in [4.78, 5) is 19.3. The number of carboxylic acids is 1. The van der Waals surface area contributed by atoms with Gasteiger partial charge in [0.15, 0.2) is 11.9 Å². The Morgan fingerprint density at radius 3 is 2.58 bits per heavy atom. The third-order valence-corrected chi connectivity index (χ3v) is 2.51. The fourth-order valence-corrected chi connectivity index (χ4v) is 1.55. The molecule has 0 radical (unpaired) electrons. The van der Waals surface area contributed by atoms with Crippen LogP contribution >= 0.6 is 0 Å². The summed E-state index contributed by atoms with van der Waals surface area (Å²) in [5.41, 5.74) is 1.58. The number of aliphatic carboxylic acids is 1. The maximum Gasteiger partial charge on any atom is 0.344 e. The normalized spacial score (nSPS) is 11.9. The minimum atomic E-state index is -1.03. The van der Waals surface area contributed by atoms with Crippen molar-refractivity contribution in [1.82, 2.24) is 9.97 Å². The SMILES string of the molecule is Cc1cc(O[C@@H](C)C(=O)O)nc(-c2ccccc2)n1. The van der Waals surface area contributed by atoms with E-state index in [0.717, 1.165) is 11.3 Å². The van der Waals surface area contributed by atoms with Gasteiger partial charge in [-0.1, -0.05) is 30.3 Å². The van der Waals surface area contributed by atoms with Crippen molar-refractivity contribution in [2.24, 2.45) is 0 Å². The van der Waals surface area contributed by atoms with Crippen LogP contribution in [0.25, 0.3) is 11.4 Å². The highest BCUT2D eigenvalue weighted by molar-refractivity contribution is 5.72. The summed E-state index contributed by atoms with van der Waals surface area (Å²) in [5.74, 6) is -0.244. The zero-order valence-electron chi connectivity index (χ0n) is 10.7. The largest absolute Gasteiger partial charge is 0.479 e. The summed E-state index contributed by atoms with van der Waals surface area (Å²) in [6, 6.07) is 11.1. The lowest BCUT2D eigenvalue weighted by molar-refractivity contribution is -0.144. The van der Waals surface area contributed by atoms with Crippen LogP contribution in [0.2, 0.25) is 0 Å². The molecule has 1 aromatic heterocycles. The van der Waals surface area contributed by atoms with Crippen molar-refractivity contribution < 1.29 is 14.6 Å². The first kappa shape index (κ1) is 13.0. The molecule has 0 bridgehead atoms. The predicted molar refractivity (Wildman–Crippen MR) is 69.9 cm³/mol. The van der Waals surface area contributed by atoms with Crippen LogP contribution < -0.4 is 4.74 Å². The first-order valence-electron chi connectivity index (χ1n) is 5.87. The fraction of sp³-hybridized carbons (Fsp3) is 0.214. The lowest BCUT2D eigenvalue weighted by atomic mass is 10.2. The Morgan fingerprint density at radius 2 is 1.95 bits per heavy atom. The first-order valence-corrected chi connectivity index (χ1v) is 5.87. The molecule has 2 aromatic rings. The van der Waals surface area contributed by atoms with Crippen LogP contribution in [-0.4, -0.2) is 27.1 Å². The van der Waals surface area contributed by atoms with Crippen LogP contribution in [-0.2, 0) is 4.79 Å². The molecule has 0 fully saturated rings. The Morgan fingerprint density at radius 1 is 1.26 bits per heavy atom. The van der Waals surface area contributed by atoms with Crippen LogP contribution in [0.15, 0.2) is 36.4 Å². The Bertz CT molecular complexity index is 584. The van der Waals surface area contributed by atoms with Crippen LogP contribution in [0, 0.1) is 6.92 Å². The molecule has 5 nitrogen and oxygen atoms in total. The maximum atomic E-state index is 10.8. The second kappa shape index (κ2) is 5.48. The van der Waals surface area contributed by atoms with Gasteiger partial charge in [0.25, 0.3) is 0 Å². The van der Waals surface area contributed by atoms with Gasteiger partial charge in [-0.2, -0.15) is 4.98 Å².